The summed E-state index contributed by atoms with van der Waals surface area (Å²) in [5.41, 5.74) is -0.153. The molecule has 12 heteroatoms. The molecule has 0 fully saturated rings. The van der Waals surface area contributed by atoms with Crippen LogP contribution in [-0.2, 0) is 0 Å². The van der Waals surface area contributed by atoms with Crippen molar-refractivity contribution in [3.05, 3.63) is 67.7 Å². The maximum absolute atomic E-state index is 11.2. The molecule has 0 bridgehead atoms. The normalized spacial score (nSPS) is 10.6. The average Bonchev–Trinajstić information content (AvgIpc) is 3.03. The van der Waals surface area contributed by atoms with Gasteiger partial charge in [0.15, 0.2) is 0 Å². The SMILES string of the molecule is O=[N+]([O-])c1ccc(Sc2nnnn2-c2ccc(Cl)cc2)c([N+](=O)[O-])c1. The summed E-state index contributed by atoms with van der Waals surface area (Å²) < 4.78 is 1.38. The molecule has 0 saturated heterocycles. The molecule has 3 aromatic rings. The molecule has 1 heterocycles. The second-order valence-corrected chi connectivity index (χ2v) is 6.06. The van der Waals surface area contributed by atoms with Crippen LogP contribution in [0.25, 0.3) is 5.69 Å². The smallest absolute Gasteiger partial charge is 0.258 e. The van der Waals surface area contributed by atoms with Crippen molar-refractivity contribution in [2.24, 2.45) is 0 Å². The molecule has 0 aliphatic carbocycles. The Morgan fingerprint density at radius 2 is 1.76 bits per heavy atom. The van der Waals surface area contributed by atoms with Crippen molar-refractivity contribution in [1.29, 1.82) is 0 Å². The Balaban J connectivity index is 1.99. The van der Waals surface area contributed by atoms with Gasteiger partial charge in [-0.15, -0.1) is 5.10 Å². The lowest BCUT2D eigenvalue weighted by Gasteiger charge is -2.05. The van der Waals surface area contributed by atoms with Crippen molar-refractivity contribution in [2.45, 2.75) is 10.1 Å². The second-order valence-electron chi connectivity index (χ2n) is 4.62. The molecule has 0 atom stereocenters. The van der Waals surface area contributed by atoms with Crippen LogP contribution in [0.15, 0.2) is 52.5 Å². The third kappa shape index (κ3) is 3.56. The second kappa shape index (κ2) is 6.83. The summed E-state index contributed by atoms with van der Waals surface area (Å²) in [7, 11) is 0. The van der Waals surface area contributed by atoms with Crippen LogP contribution in [0.5, 0.6) is 0 Å². The first-order valence-corrected chi connectivity index (χ1v) is 7.80. The summed E-state index contributed by atoms with van der Waals surface area (Å²) in [6.07, 6.45) is 0. The molecule has 0 radical (unpaired) electrons. The number of nitro groups is 2. The highest BCUT2D eigenvalue weighted by Gasteiger charge is 2.22. The van der Waals surface area contributed by atoms with Crippen molar-refractivity contribution in [1.82, 2.24) is 20.2 Å². The Kier molecular flexibility index (Phi) is 4.59. The summed E-state index contributed by atoms with van der Waals surface area (Å²) >= 11 is 6.77. The van der Waals surface area contributed by atoms with Gasteiger partial charge in [0.1, 0.15) is 0 Å². The van der Waals surface area contributed by atoms with Crippen molar-refractivity contribution in [3.8, 4) is 5.69 Å². The van der Waals surface area contributed by atoms with E-state index < -0.39 is 15.5 Å². The highest BCUT2D eigenvalue weighted by molar-refractivity contribution is 7.99. The molecule has 0 N–H and O–H groups in total. The van der Waals surface area contributed by atoms with Crippen LogP contribution in [0.4, 0.5) is 11.4 Å². The first kappa shape index (κ1) is 16.8. The average molecular weight is 379 g/mol. The monoisotopic (exact) mass is 378 g/mol. The van der Waals surface area contributed by atoms with E-state index in [0.29, 0.717) is 10.7 Å². The van der Waals surface area contributed by atoms with Crippen molar-refractivity contribution < 1.29 is 9.85 Å². The number of benzene rings is 2. The van der Waals surface area contributed by atoms with Crippen LogP contribution in [-0.4, -0.2) is 30.1 Å². The number of nitro benzene ring substituents is 2. The van der Waals surface area contributed by atoms with E-state index >= 15 is 0 Å². The molecule has 0 aliphatic rings. The molecular weight excluding hydrogens is 372 g/mol. The van der Waals surface area contributed by atoms with Gasteiger partial charge in [-0.1, -0.05) is 11.6 Å². The van der Waals surface area contributed by atoms with Crippen LogP contribution in [0.3, 0.4) is 0 Å². The first-order valence-electron chi connectivity index (χ1n) is 6.60. The quantitative estimate of drug-likeness (QED) is 0.488. The van der Waals surface area contributed by atoms with Crippen LogP contribution in [0.2, 0.25) is 5.02 Å². The molecule has 25 heavy (non-hydrogen) atoms. The fourth-order valence-corrected chi connectivity index (χ4v) is 2.94. The minimum Gasteiger partial charge on any atom is -0.258 e. The number of hydrogen-bond donors (Lipinski definition) is 0. The molecule has 0 saturated carbocycles. The van der Waals surface area contributed by atoms with Crippen molar-refractivity contribution >= 4 is 34.7 Å². The lowest BCUT2D eigenvalue weighted by atomic mass is 10.3. The van der Waals surface area contributed by atoms with Gasteiger partial charge in [-0.3, -0.25) is 20.2 Å². The molecular formula is C13H7ClN6O4S. The van der Waals surface area contributed by atoms with E-state index in [2.05, 4.69) is 15.5 Å². The molecule has 1 aromatic heterocycles. The predicted octanol–water partition coefficient (Wildman–Crippen LogP) is 3.28. The number of tetrazole rings is 1. The number of rotatable bonds is 5. The highest BCUT2D eigenvalue weighted by Crippen LogP contribution is 2.36. The molecule has 0 aliphatic heterocycles. The van der Waals surface area contributed by atoms with Gasteiger partial charge in [0.05, 0.1) is 26.5 Å². The minimum absolute atomic E-state index is 0.181. The molecule has 0 unspecified atom stereocenters. The van der Waals surface area contributed by atoms with E-state index in [1.54, 1.807) is 24.3 Å². The van der Waals surface area contributed by atoms with Gasteiger partial charge in [-0.05, 0) is 52.5 Å². The lowest BCUT2D eigenvalue weighted by molar-refractivity contribution is -0.396. The van der Waals surface area contributed by atoms with Crippen LogP contribution in [0, 0.1) is 20.2 Å². The Labute approximate surface area is 148 Å². The molecule has 3 rings (SSSR count). The Bertz CT molecular complexity index is 961. The minimum atomic E-state index is -0.695. The van der Waals surface area contributed by atoms with E-state index in [1.165, 1.54) is 16.8 Å². The van der Waals surface area contributed by atoms with Gasteiger partial charge in [0, 0.05) is 11.1 Å². The molecule has 0 amide bonds. The maximum atomic E-state index is 11.2. The molecule has 0 spiro atoms. The summed E-state index contributed by atoms with van der Waals surface area (Å²) in [4.78, 5) is 20.8. The standard InChI is InChI=1S/C13H7ClN6O4S/c14-8-1-3-9(4-2-8)18-13(15-16-17-18)25-12-6-5-10(19(21)22)7-11(12)20(23)24/h1-7H. The van der Waals surface area contributed by atoms with E-state index in [9.17, 15) is 20.2 Å². The van der Waals surface area contributed by atoms with Crippen LogP contribution >= 0.6 is 23.4 Å². The van der Waals surface area contributed by atoms with E-state index in [1.807, 2.05) is 0 Å². The highest BCUT2D eigenvalue weighted by atomic mass is 35.5. The first-order chi connectivity index (χ1) is 12.0. The molecule has 10 nitrogen and oxygen atoms in total. The van der Waals surface area contributed by atoms with Crippen molar-refractivity contribution in [2.75, 3.05) is 0 Å². The summed E-state index contributed by atoms with van der Waals surface area (Å²) in [6, 6.07) is 10.1. The maximum Gasteiger partial charge on any atom is 0.290 e. The summed E-state index contributed by atoms with van der Waals surface area (Å²) in [5, 5.41) is 34.1. The van der Waals surface area contributed by atoms with Gasteiger partial charge in [0.25, 0.3) is 11.4 Å². The fraction of sp³-hybridized carbons (Fsp3) is 0. The Morgan fingerprint density at radius 3 is 2.40 bits per heavy atom. The number of hydrogen-bond acceptors (Lipinski definition) is 8. The van der Waals surface area contributed by atoms with Crippen LogP contribution < -0.4 is 0 Å². The lowest BCUT2D eigenvalue weighted by Crippen LogP contribution is -1.99. The molecule has 2 aromatic carbocycles. The van der Waals surface area contributed by atoms with Crippen LogP contribution in [0.1, 0.15) is 0 Å². The van der Waals surface area contributed by atoms with Crippen molar-refractivity contribution in [3.63, 3.8) is 0 Å². The Morgan fingerprint density at radius 1 is 1.04 bits per heavy atom. The van der Waals surface area contributed by atoms with E-state index in [4.69, 9.17) is 11.6 Å². The van der Waals surface area contributed by atoms with Gasteiger partial charge in [0.2, 0.25) is 5.16 Å². The summed E-state index contributed by atoms with van der Waals surface area (Å²) in [6.45, 7) is 0. The zero-order valence-electron chi connectivity index (χ0n) is 12.1. The fourth-order valence-electron chi connectivity index (χ4n) is 1.93. The number of halogens is 1. The number of nitrogens with zero attached hydrogens (tertiary/aromatic N) is 6. The zero-order chi connectivity index (χ0) is 18.0. The third-order valence-corrected chi connectivity index (χ3v) is 4.32. The third-order valence-electron chi connectivity index (χ3n) is 3.06. The van der Waals surface area contributed by atoms with Gasteiger partial charge < -0.3 is 0 Å². The number of non-ortho nitro benzene ring substituents is 1. The van der Waals surface area contributed by atoms with E-state index in [0.717, 1.165) is 17.8 Å². The topological polar surface area (TPSA) is 130 Å². The largest absolute Gasteiger partial charge is 0.290 e. The van der Waals surface area contributed by atoms with E-state index in [-0.39, 0.29) is 15.7 Å². The molecule has 126 valence electrons. The van der Waals surface area contributed by atoms with Gasteiger partial charge >= 0.3 is 0 Å². The zero-order valence-corrected chi connectivity index (χ0v) is 13.7. The Hall–Kier alpha value is -3.05. The number of aromatic nitrogens is 4. The van der Waals surface area contributed by atoms with Gasteiger partial charge in [-0.25, -0.2) is 0 Å². The predicted molar refractivity (Wildman–Crippen MR) is 88.0 cm³/mol. The van der Waals surface area contributed by atoms with Gasteiger partial charge in [-0.2, -0.15) is 4.68 Å². The summed E-state index contributed by atoms with van der Waals surface area (Å²) in [5.74, 6) is 0.